The van der Waals surface area contributed by atoms with Crippen LogP contribution in [0.25, 0.3) is 10.9 Å². The van der Waals surface area contributed by atoms with Crippen molar-refractivity contribution in [3.8, 4) is 0 Å². The summed E-state index contributed by atoms with van der Waals surface area (Å²) in [6.07, 6.45) is 0.578. The smallest absolute Gasteiger partial charge is 0.279 e. The number of thiophene rings is 1. The summed E-state index contributed by atoms with van der Waals surface area (Å²) in [5.74, 6) is 6.40. The molecule has 2 N–H and O–H groups in total. The maximum atomic E-state index is 12.1. The molecule has 0 saturated carbocycles. The van der Waals surface area contributed by atoms with Gasteiger partial charge in [0.1, 0.15) is 5.82 Å². The van der Waals surface area contributed by atoms with Gasteiger partial charge in [0.2, 0.25) is 0 Å². The lowest BCUT2D eigenvalue weighted by molar-refractivity contribution is 0.819. The molecule has 0 unspecified atom stereocenters. The van der Waals surface area contributed by atoms with Crippen LogP contribution < -0.4 is 11.4 Å². The highest BCUT2D eigenvalue weighted by atomic mass is 32.1. The lowest BCUT2D eigenvalue weighted by Crippen LogP contribution is -2.31. The van der Waals surface area contributed by atoms with Crippen LogP contribution in [0, 0.1) is 0 Å². The molecular weight excluding hydrogens is 246 g/mol. The van der Waals surface area contributed by atoms with Crippen molar-refractivity contribution in [2.75, 3.05) is 5.84 Å². The van der Waals surface area contributed by atoms with Gasteiger partial charge in [-0.25, -0.2) is 9.66 Å². The Balaban J connectivity index is 2.18. The van der Waals surface area contributed by atoms with E-state index in [1.165, 1.54) is 0 Å². The highest BCUT2D eigenvalue weighted by molar-refractivity contribution is 7.09. The normalized spacial score (nSPS) is 10.9. The second-order valence-corrected chi connectivity index (χ2v) is 5.01. The highest BCUT2D eigenvalue weighted by Crippen LogP contribution is 2.14. The number of nitrogens with two attached hydrogens (primary N) is 1. The zero-order chi connectivity index (χ0) is 12.5. The largest absolute Gasteiger partial charge is 0.335 e. The highest BCUT2D eigenvalue weighted by Gasteiger charge is 2.09. The molecule has 1 aromatic carbocycles. The fourth-order valence-corrected chi connectivity index (χ4v) is 2.59. The third-order valence-corrected chi connectivity index (χ3v) is 3.67. The standard InChI is InChI=1S/C13H11N3OS/c14-16-12(8-9-4-3-7-18-9)15-11-6-2-1-5-10(11)13(16)17/h1-7H,8,14H2. The summed E-state index contributed by atoms with van der Waals surface area (Å²) in [5.41, 5.74) is 0.489. The average molecular weight is 257 g/mol. The van der Waals surface area contributed by atoms with E-state index in [4.69, 9.17) is 5.84 Å². The van der Waals surface area contributed by atoms with Gasteiger partial charge in [-0.05, 0) is 23.6 Å². The molecule has 0 radical (unpaired) electrons. The van der Waals surface area contributed by atoms with Crippen LogP contribution in [0.5, 0.6) is 0 Å². The molecule has 0 saturated heterocycles. The zero-order valence-corrected chi connectivity index (χ0v) is 10.4. The maximum absolute atomic E-state index is 12.1. The predicted molar refractivity (Wildman–Crippen MR) is 73.3 cm³/mol. The van der Waals surface area contributed by atoms with E-state index in [1.807, 2.05) is 35.7 Å². The molecule has 2 aromatic heterocycles. The number of hydrogen-bond donors (Lipinski definition) is 1. The fourth-order valence-electron chi connectivity index (χ4n) is 1.89. The average Bonchev–Trinajstić information content (AvgIpc) is 2.89. The van der Waals surface area contributed by atoms with E-state index in [1.54, 1.807) is 17.4 Å². The van der Waals surface area contributed by atoms with E-state index >= 15 is 0 Å². The summed E-state index contributed by atoms with van der Waals surface area (Å²) in [5, 5.41) is 2.55. The van der Waals surface area contributed by atoms with Gasteiger partial charge in [-0.2, -0.15) is 0 Å². The Morgan fingerprint density at radius 2 is 2.06 bits per heavy atom. The number of nitrogens with zero attached hydrogens (tertiary/aromatic N) is 2. The van der Waals surface area contributed by atoms with Crippen molar-refractivity contribution in [3.63, 3.8) is 0 Å². The number of rotatable bonds is 2. The Kier molecular flexibility index (Phi) is 2.60. The minimum Gasteiger partial charge on any atom is -0.335 e. The number of nitrogen functional groups attached to an aromatic ring is 1. The maximum Gasteiger partial charge on any atom is 0.279 e. The van der Waals surface area contributed by atoms with Gasteiger partial charge in [-0.1, -0.05) is 18.2 Å². The number of benzene rings is 1. The SMILES string of the molecule is Nn1c(Cc2cccs2)nc2ccccc2c1=O. The molecule has 3 rings (SSSR count). The van der Waals surface area contributed by atoms with Gasteiger partial charge < -0.3 is 5.84 Å². The van der Waals surface area contributed by atoms with E-state index in [2.05, 4.69) is 4.98 Å². The first-order valence-electron chi connectivity index (χ1n) is 5.54. The second-order valence-electron chi connectivity index (χ2n) is 3.98. The number of aromatic nitrogens is 2. The van der Waals surface area contributed by atoms with Crippen LogP contribution in [0.3, 0.4) is 0 Å². The molecular formula is C13H11N3OS. The van der Waals surface area contributed by atoms with Gasteiger partial charge in [0.05, 0.1) is 10.9 Å². The van der Waals surface area contributed by atoms with Crippen LogP contribution in [-0.4, -0.2) is 9.66 Å². The third-order valence-electron chi connectivity index (χ3n) is 2.79. The molecule has 0 aliphatic rings. The monoisotopic (exact) mass is 257 g/mol. The number of fused-ring (bicyclic) bond motifs is 1. The van der Waals surface area contributed by atoms with Crippen LogP contribution in [-0.2, 0) is 6.42 Å². The molecule has 0 fully saturated rings. The van der Waals surface area contributed by atoms with Crippen LogP contribution in [0.1, 0.15) is 10.7 Å². The summed E-state index contributed by atoms with van der Waals surface area (Å²) in [7, 11) is 0. The van der Waals surface area contributed by atoms with Gasteiger partial charge >= 0.3 is 0 Å². The Labute approximate surface area is 107 Å². The molecule has 5 heteroatoms. The summed E-state index contributed by atoms with van der Waals surface area (Å²) in [6.45, 7) is 0. The van der Waals surface area contributed by atoms with Gasteiger partial charge in [-0.3, -0.25) is 4.79 Å². The minimum atomic E-state index is -0.202. The molecule has 0 bridgehead atoms. The number of para-hydroxylation sites is 1. The van der Waals surface area contributed by atoms with E-state index in [-0.39, 0.29) is 5.56 Å². The molecule has 0 aliphatic heterocycles. The second kappa shape index (κ2) is 4.27. The van der Waals surface area contributed by atoms with Crippen molar-refractivity contribution in [2.45, 2.75) is 6.42 Å². The molecule has 2 heterocycles. The van der Waals surface area contributed by atoms with Crippen molar-refractivity contribution in [1.29, 1.82) is 0 Å². The van der Waals surface area contributed by atoms with Crippen LogP contribution in [0.15, 0.2) is 46.6 Å². The first-order valence-corrected chi connectivity index (χ1v) is 6.42. The Hall–Kier alpha value is -2.14. The Morgan fingerprint density at radius 1 is 1.22 bits per heavy atom. The molecule has 0 aliphatic carbocycles. The summed E-state index contributed by atoms with van der Waals surface area (Å²) >= 11 is 1.63. The minimum absolute atomic E-state index is 0.202. The lowest BCUT2D eigenvalue weighted by Gasteiger charge is -2.07. The molecule has 0 amide bonds. The molecule has 18 heavy (non-hydrogen) atoms. The van der Waals surface area contributed by atoms with Gasteiger partial charge in [0.15, 0.2) is 0 Å². The molecule has 90 valence electrons. The molecule has 0 atom stereocenters. The van der Waals surface area contributed by atoms with Crippen molar-refractivity contribution in [3.05, 3.63) is 62.8 Å². The molecule has 4 nitrogen and oxygen atoms in total. The third kappa shape index (κ3) is 1.78. The zero-order valence-electron chi connectivity index (χ0n) is 9.54. The fraction of sp³-hybridized carbons (Fsp3) is 0.0769. The number of hydrogen-bond acceptors (Lipinski definition) is 4. The van der Waals surface area contributed by atoms with Crippen molar-refractivity contribution < 1.29 is 0 Å². The van der Waals surface area contributed by atoms with Crippen molar-refractivity contribution in [1.82, 2.24) is 9.66 Å². The lowest BCUT2D eigenvalue weighted by atomic mass is 10.2. The van der Waals surface area contributed by atoms with Crippen molar-refractivity contribution >= 4 is 22.2 Å². The topological polar surface area (TPSA) is 60.9 Å². The van der Waals surface area contributed by atoms with Gasteiger partial charge in [0.25, 0.3) is 5.56 Å². The van der Waals surface area contributed by atoms with E-state index < -0.39 is 0 Å². The summed E-state index contributed by atoms with van der Waals surface area (Å²) < 4.78 is 1.14. The van der Waals surface area contributed by atoms with Crippen LogP contribution in [0.4, 0.5) is 0 Å². The quantitative estimate of drug-likeness (QED) is 0.712. The summed E-state index contributed by atoms with van der Waals surface area (Å²) in [4.78, 5) is 17.7. The van der Waals surface area contributed by atoms with Crippen molar-refractivity contribution in [2.24, 2.45) is 0 Å². The first-order chi connectivity index (χ1) is 8.75. The Bertz CT molecular complexity index is 747. The Morgan fingerprint density at radius 3 is 2.83 bits per heavy atom. The molecule has 0 spiro atoms. The van der Waals surface area contributed by atoms with Gasteiger partial charge in [-0.15, -0.1) is 11.3 Å². The van der Waals surface area contributed by atoms with E-state index in [0.717, 1.165) is 9.55 Å². The van der Waals surface area contributed by atoms with Crippen LogP contribution >= 0.6 is 11.3 Å². The van der Waals surface area contributed by atoms with Crippen LogP contribution in [0.2, 0.25) is 0 Å². The molecule has 3 aromatic rings. The summed E-state index contributed by atoms with van der Waals surface area (Å²) in [6, 6.07) is 11.2. The first kappa shape index (κ1) is 11.0. The van der Waals surface area contributed by atoms with Gasteiger partial charge in [0, 0.05) is 11.3 Å². The predicted octanol–water partition coefficient (Wildman–Crippen LogP) is 1.76. The van der Waals surface area contributed by atoms with E-state index in [9.17, 15) is 4.79 Å². The van der Waals surface area contributed by atoms with E-state index in [0.29, 0.717) is 23.1 Å².